The first-order chi connectivity index (χ1) is 12.0. The standard InChI is InChI=1S/C14H20O.C10H12O/c1-9-7-12(14(4,5)6)8-10(2)13(9)11(3)15;1-9(11)7-8-10-5-3-2-4-6-10/h7-8H,1-6H3;2-6H,7-8H2,1H3. The van der Waals surface area contributed by atoms with E-state index in [4.69, 9.17) is 0 Å². The number of Topliss-reactive ketones (excluding diaryl/α,β-unsaturated/α-hetero) is 2. The van der Waals surface area contributed by atoms with Gasteiger partial charge in [0.2, 0.25) is 0 Å². The highest BCUT2D eigenvalue weighted by Gasteiger charge is 2.17. The van der Waals surface area contributed by atoms with Crippen molar-refractivity contribution in [3.63, 3.8) is 0 Å². The Kier molecular flexibility index (Phi) is 7.95. The summed E-state index contributed by atoms with van der Waals surface area (Å²) >= 11 is 0. The van der Waals surface area contributed by atoms with Gasteiger partial charge in [0.05, 0.1) is 0 Å². The van der Waals surface area contributed by atoms with Gasteiger partial charge in [-0.1, -0.05) is 63.2 Å². The topological polar surface area (TPSA) is 34.1 Å². The number of carbonyl (C=O) groups is 2. The van der Waals surface area contributed by atoms with Crippen molar-refractivity contribution in [3.05, 3.63) is 70.3 Å². The van der Waals surface area contributed by atoms with Crippen LogP contribution in [-0.4, -0.2) is 11.6 Å². The smallest absolute Gasteiger partial charge is 0.160 e. The van der Waals surface area contributed by atoms with Gasteiger partial charge in [0.15, 0.2) is 5.78 Å². The van der Waals surface area contributed by atoms with Crippen LogP contribution in [0.5, 0.6) is 0 Å². The first-order valence-electron chi connectivity index (χ1n) is 9.18. The summed E-state index contributed by atoms with van der Waals surface area (Å²) in [5, 5.41) is 0. The molecule has 2 rings (SSSR count). The second kappa shape index (κ2) is 9.47. The molecule has 0 radical (unpaired) electrons. The van der Waals surface area contributed by atoms with Crippen LogP contribution in [-0.2, 0) is 16.6 Å². The molecule has 0 aliphatic rings. The van der Waals surface area contributed by atoms with Gasteiger partial charge in [-0.05, 0) is 61.8 Å². The molecule has 0 aromatic heterocycles. The number of aryl methyl sites for hydroxylation is 3. The lowest BCUT2D eigenvalue weighted by atomic mass is 9.83. The molecular formula is C24H32O2. The molecule has 26 heavy (non-hydrogen) atoms. The summed E-state index contributed by atoms with van der Waals surface area (Å²) in [6, 6.07) is 14.3. The third-order valence-corrected chi connectivity index (χ3v) is 4.36. The number of benzene rings is 2. The molecule has 0 aliphatic heterocycles. The molecule has 2 aromatic rings. The third-order valence-electron chi connectivity index (χ3n) is 4.36. The van der Waals surface area contributed by atoms with Crippen LogP contribution >= 0.6 is 0 Å². The molecule has 2 aromatic carbocycles. The molecule has 0 saturated heterocycles. The van der Waals surface area contributed by atoms with Crippen molar-refractivity contribution >= 4 is 11.6 Å². The fourth-order valence-electron chi connectivity index (χ4n) is 2.92. The molecule has 0 fully saturated rings. The number of ketones is 2. The molecule has 0 N–H and O–H groups in total. The Morgan fingerprint density at radius 3 is 1.77 bits per heavy atom. The first kappa shape index (κ1) is 21.8. The van der Waals surface area contributed by atoms with Gasteiger partial charge >= 0.3 is 0 Å². The van der Waals surface area contributed by atoms with Crippen LogP contribution in [0.2, 0.25) is 0 Å². The SMILES string of the molecule is CC(=O)CCc1ccccc1.CC(=O)c1c(C)cc(C(C)(C)C)cc1C. The van der Waals surface area contributed by atoms with Crippen LogP contribution in [0.15, 0.2) is 42.5 Å². The van der Waals surface area contributed by atoms with E-state index in [2.05, 4.69) is 32.9 Å². The van der Waals surface area contributed by atoms with E-state index in [1.807, 2.05) is 44.2 Å². The van der Waals surface area contributed by atoms with Crippen LogP contribution in [0.1, 0.15) is 73.7 Å². The van der Waals surface area contributed by atoms with Crippen molar-refractivity contribution in [1.82, 2.24) is 0 Å². The minimum absolute atomic E-state index is 0.144. The number of hydrogen-bond donors (Lipinski definition) is 0. The summed E-state index contributed by atoms with van der Waals surface area (Å²) < 4.78 is 0. The van der Waals surface area contributed by atoms with Crippen molar-refractivity contribution in [2.24, 2.45) is 0 Å². The van der Waals surface area contributed by atoms with Crippen molar-refractivity contribution < 1.29 is 9.59 Å². The predicted octanol–water partition coefficient (Wildman–Crippen LogP) is 6.01. The zero-order chi connectivity index (χ0) is 19.9. The molecule has 0 saturated carbocycles. The molecular weight excluding hydrogens is 320 g/mol. The van der Waals surface area contributed by atoms with Crippen LogP contribution in [0, 0.1) is 13.8 Å². The Hall–Kier alpha value is -2.22. The van der Waals surface area contributed by atoms with Gasteiger partial charge in [0.1, 0.15) is 5.78 Å². The van der Waals surface area contributed by atoms with E-state index in [1.165, 1.54) is 11.1 Å². The van der Waals surface area contributed by atoms with Crippen LogP contribution in [0.3, 0.4) is 0 Å². The average Bonchev–Trinajstić information content (AvgIpc) is 2.52. The molecule has 2 nitrogen and oxygen atoms in total. The van der Waals surface area contributed by atoms with Gasteiger partial charge in [-0.25, -0.2) is 0 Å². The zero-order valence-corrected chi connectivity index (χ0v) is 17.3. The summed E-state index contributed by atoms with van der Waals surface area (Å²) in [6.45, 7) is 13.9. The molecule has 0 heterocycles. The average molecular weight is 353 g/mol. The molecule has 0 spiro atoms. The Morgan fingerprint density at radius 2 is 1.38 bits per heavy atom. The quantitative estimate of drug-likeness (QED) is 0.631. The van der Waals surface area contributed by atoms with Crippen LogP contribution < -0.4 is 0 Å². The maximum Gasteiger partial charge on any atom is 0.160 e. The Bertz CT molecular complexity index is 727. The minimum atomic E-state index is 0.144. The van der Waals surface area contributed by atoms with Gasteiger partial charge in [-0.2, -0.15) is 0 Å². The largest absolute Gasteiger partial charge is 0.300 e. The van der Waals surface area contributed by atoms with E-state index < -0.39 is 0 Å². The van der Waals surface area contributed by atoms with Crippen molar-refractivity contribution in [1.29, 1.82) is 0 Å². The second-order valence-corrected chi connectivity index (χ2v) is 7.98. The van der Waals surface area contributed by atoms with Crippen molar-refractivity contribution in [2.75, 3.05) is 0 Å². The van der Waals surface area contributed by atoms with E-state index in [0.29, 0.717) is 6.42 Å². The highest BCUT2D eigenvalue weighted by atomic mass is 16.1. The molecule has 140 valence electrons. The van der Waals surface area contributed by atoms with Gasteiger partial charge < -0.3 is 4.79 Å². The highest BCUT2D eigenvalue weighted by molar-refractivity contribution is 5.97. The summed E-state index contributed by atoms with van der Waals surface area (Å²) in [6.07, 6.45) is 1.53. The van der Waals surface area contributed by atoms with E-state index in [9.17, 15) is 9.59 Å². The monoisotopic (exact) mass is 352 g/mol. The van der Waals surface area contributed by atoms with Crippen LogP contribution in [0.25, 0.3) is 0 Å². The summed E-state index contributed by atoms with van der Waals surface area (Å²) in [7, 11) is 0. The second-order valence-electron chi connectivity index (χ2n) is 7.98. The van der Waals surface area contributed by atoms with Crippen LogP contribution in [0.4, 0.5) is 0 Å². The van der Waals surface area contributed by atoms with E-state index in [-0.39, 0.29) is 17.0 Å². The Labute approximate surface area is 158 Å². The lowest BCUT2D eigenvalue weighted by Gasteiger charge is -2.21. The number of hydrogen-bond acceptors (Lipinski definition) is 2. The Balaban J connectivity index is 0.000000273. The lowest BCUT2D eigenvalue weighted by molar-refractivity contribution is -0.116. The van der Waals surface area contributed by atoms with Gasteiger partial charge in [-0.15, -0.1) is 0 Å². The highest BCUT2D eigenvalue weighted by Crippen LogP contribution is 2.26. The Morgan fingerprint density at radius 1 is 0.885 bits per heavy atom. The van der Waals surface area contributed by atoms with E-state index in [1.54, 1.807) is 13.8 Å². The fourth-order valence-corrected chi connectivity index (χ4v) is 2.92. The molecule has 0 amide bonds. The maximum atomic E-state index is 11.4. The molecule has 0 aliphatic carbocycles. The maximum absolute atomic E-state index is 11.4. The lowest BCUT2D eigenvalue weighted by Crippen LogP contribution is -2.13. The summed E-state index contributed by atoms with van der Waals surface area (Å²) in [5.41, 5.74) is 5.73. The van der Waals surface area contributed by atoms with Gasteiger partial charge in [0.25, 0.3) is 0 Å². The molecule has 2 heteroatoms. The van der Waals surface area contributed by atoms with E-state index >= 15 is 0 Å². The zero-order valence-electron chi connectivity index (χ0n) is 17.3. The number of rotatable bonds is 4. The molecule has 0 bridgehead atoms. The third kappa shape index (κ3) is 6.95. The summed E-state index contributed by atoms with van der Waals surface area (Å²) in [5.74, 6) is 0.416. The molecule has 0 atom stereocenters. The molecule has 0 unspecified atom stereocenters. The van der Waals surface area contributed by atoms with Gasteiger partial charge in [-0.3, -0.25) is 4.79 Å². The minimum Gasteiger partial charge on any atom is -0.300 e. The van der Waals surface area contributed by atoms with E-state index in [0.717, 1.165) is 23.1 Å². The predicted molar refractivity (Wildman–Crippen MR) is 110 cm³/mol. The normalized spacial score (nSPS) is 10.7. The van der Waals surface area contributed by atoms with Crippen molar-refractivity contribution in [2.45, 2.75) is 66.7 Å². The fraction of sp³-hybridized carbons (Fsp3) is 0.417. The summed E-state index contributed by atoms with van der Waals surface area (Å²) in [4.78, 5) is 22.1. The van der Waals surface area contributed by atoms with Crippen molar-refractivity contribution in [3.8, 4) is 0 Å². The number of carbonyl (C=O) groups excluding carboxylic acids is 2. The van der Waals surface area contributed by atoms with Gasteiger partial charge in [0, 0.05) is 12.0 Å². The first-order valence-corrected chi connectivity index (χ1v) is 9.18.